The minimum atomic E-state index is -3.90. The van der Waals surface area contributed by atoms with Gasteiger partial charge in [0, 0.05) is 24.4 Å². The van der Waals surface area contributed by atoms with Crippen LogP contribution in [0.25, 0.3) is 0 Å². The number of thioether (sulfide) groups is 1. The molecule has 1 aromatic carbocycles. The molecule has 0 bridgehead atoms. The highest BCUT2D eigenvalue weighted by atomic mass is 32.2. The fraction of sp³-hybridized carbons (Fsp3) is 0.364. The Hall–Kier alpha value is -1.65. The smallest absolute Gasteiger partial charge is 0.334 e. The molecule has 8 nitrogen and oxygen atoms in total. The van der Waals surface area contributed by atoms with Crippen molar-refractivity contribution < 1.29 is 22.9 Å². The summed E-state index contributed by atoms with van der Waals surface area (Å²) in [5, 5.41) is 9.66. The number of esters is 1. The van der Waals surface area contributed by atoms with E-state index < -0.39 is 26.3 Å². The largest absolute Gasteiger partial charge is 0.467 e. The second-order valence-corrected chi connectivity index (χ2v) is 7.19. The number of nitro benzene ring substituents is 1. The van der Waals surface area contributed by atoms with E-state index in [4.69, 9.17) is 0 Å². The predicted molar refractivity (Wildman–Crippen MR) is 75.3 cm³/mol. The topological polar surface area (TPSA) is 107 Å². The van der Waals surface area contributed by atoms with Crippen LogP contribution in [0.5, 0.6) is 0 Å². The van der Waals surface area contributed by atoms with Crippen molar-refractivity contribution in [3.8, 4) is 0 Å². The Balaban J connectivity index is 2.32. The maximum Gasteiger partial charge on any atom is 0.334 e. The summed E-state index contributed by atoms with van der Waals surface area (Å²) in [4.78, 5) is 21.5. The molecule has 10 heteroatoms. The number of sulfonamides is 1. The zero-order valence-corrected chi connectivity index (χ0v) is 12.6. The molecule has 0 aliphatic carbocycles. The molecule has 1 aliphatic heterocycles. The number of nitro groups is 1. The Kier molecular flexibility index (Phi) is 4.49. The van der Waals surface area contributed by atoms with Gasteiger partial charge in [0.2, 0.25) is 10.0 Å². The van der Waals surface area contributed by atoms with Crippen molar-refractivity contribution in [2.45, 2.75) is 10.3 Å². The molecular formula is C11H12N2O6S2. The standard InChI is InChI=1S/C11H12N2O6S2/c1-19-11(14)10-12(6-7-20-10)21(17,18)9-4-2-8(3-5-9)13(15)16/h2-5,10H,6-7H2,1H3/t10-/m1/s1. The van der Waals surface area contributed by atoms with Gasteiger partial charge in [0.05, 0.1) is 16.9 Å². The number of ether oxygens (including phenoxy) is 1. The Morgan fingerprint density at radius 2 is 2.05 bits per heavy atom. The van der Waals surface area contributed by atoms with Gasteiger partial charge in [-0.3, -0.25) is 10.1 Å². The summed E-state index contributed by atoms with van der Waals surface area (Å²) < 4.78 is 30.6. The Labute approximate surface area is 125 Å². The maximum absolute atomic E-state index is 12.5. The summed E-state index contributed by atoms with van der Waals surface area (Å²) in [6, 6.07) is 4.54. The molecule has 0 amide bonds. The van der Waals surface area contributed by atoms with E-state index in [9.17, 15) is 23.3 Å². The average molecular weight is 332 g/mol. The molecule has 1 fully saturated rings. The first-order valence-corrected chi connectivity index (χ1v) is 8.32. The highest BCUT2D eigenvalue weighted by molar-refractivity contribution is 8.02. The van der Waals surface area contributed by atoms with E-state index in [1.54, 1.807) is 0 Å². The summed E-state index contributed by atoms with van der Waals surface area (Å²) >= 11 is 1.18. The summed E-state index contributed by atoms with van der Waals surface area (Å²) in [5.41, 5.74) is -0.200. The van der Waals surface area contributed by atoms with Crippen molar-refractivity contribution in [3.05, 3.63) is 34.4 Å². The summed E-state index contributed by atoms with van der Waals surface area (Å²) in [7, 11) is -2.70. The van der Waals surface area contributed by atoms with Crippen LogP contribution in [0.15, 0.2) is 29.2 Å². The zero-order chi connectivity index (χ0) is 15.6. The van der Waals surface area contributed by atoms with Gasteiger partial charge in [0.25, 0.3) is 5.69 Å². The molecule has 2 rings (SSSR count). The van der Waals surface area contributed by atoms with Crippen LogP contribution in [0, 0.1) is 10.1 Å². The minimum Gasteiger partial charge on any atom is -0.467 e. The van der Waals surface area contributed by atoms with E-state index in [2.05, 4.69) is 4.74 Å². The SMILES string of the molecule is COC(=O)[C@H]1SCCN1S(=O)(=O)c1ccc([N+](=O)[O-])cc1. The number of benzene rings is 1. The van der Waals surface area contributed by atoms with Gasteiger partial charge in [-0.15, -0.1) is 11.8 Å². The van der Waals surface area contributed by atoms with Crippen LogP contribution in [-0.2, 0) is 19.6 Å². The van der Waals surface area contributed by atoms with Gasteiger partial charge in [-0.25, -0.2) is 13.2 Å². The lowest BCUT2D eigenvalue weighted by atomic mass is 10.3. The Bertz CT molecular complexity index is 658. The average Bonchev–Trinajstić information content (AvgIpc) is 2.96. The molecule has 0 radical (unpaired) electrons. The van der Waals surface area contributed by atoms with Crippen LogP contribution < -0.4 is 0 Å². The molecule has 0 unspecified atom stereocenters. The molecule has 0 saturated carbocycles. The monoisotopic (exact) mass is 332 g/mol. The molecule has 1 aliphatic rings. The fourth-order valence-electron chi connectivity index (χ4n) is 1.86. The fourth-order valence-corrected chi connectivity index (χ4v) is 4.95. The van der Waals surface area contributed by atoms with Crippen LogP contribution in [0.1, 0.15) is 0 Å². The first-order valence-electron chi connectivity index (χ1n) is 5.83. The number of non-ortho nitro benzene ring substituents is 1. The summed E-state index contributed by atoms with van der Waals surface area (Å²) in [6.07, 6.45) is 0. The summed E-state index contributed by atoms with van der Waals surface area (Å²) in [6.45, 7) is 0.184. The normalized spacial score (nSPS) is 19.4. The van der Waals surface area contributed by atoms with Crippen molar-refractivity contribution in [1.29, 1.82) is 0 Å². The molecule has 1 atom stereocenters. The van der Waals surface area contributed by atoms with Crippen molar-refractivity contribution in [1.82, 2.24) is 4.31 Å². The van der Waals surface area contributed by atoms with Crippen LogP contribution in [0.3, 0.4) is 0 Å². The number of hydrogen-bond acceptors (Lipinski definition) is 7. The van der Waals surface area contributed by atoms with Gasteiger partial charge < -0.3 is 4.74 Å². The third-order valence-electron chi connectivity index (χ3n) is 2.91. The van der Waals surface area contributed by atoms with Gasteiger partial charge in [-0.2, -0.15) is 4.31 Å². The van der Waals surface area contributed by atoms with E-state index in [0.29, 0.717) is 5.75 Å². The van der Waals surface area contributed by atoms with Crippen molar-refractivity contribution in [3.63, 3.8) is 0 Å². The Morgan fingerprint density at radius 1 is 1.43 bits per heavy atom. The molecule has 1 saturated heterocycles. The van der Waals surface area contributed by atoms with E-state index in [1.807, 2.05) is 0 Å². The predicted octanol–water partition coefficient (Wildman–Crippen LogP) is 0.831. The highest BCUT2D eigenvalue weighted by Gasteiger charge is 2.40. The quantitative estimate of drug-likeness (QED) is 0.456. The van der Waals surface area contributed by atoms with Gasteiger partial charge in [-0.05, 0) is 12.1 Å². The Morgan fingerprint density at radius 3 is 2.57 bits per heavy atom. The molecule has 0 spiro atoms. The number of nitrogens with zero attached hydrogens (tertiary/aromatic N) is 2. The van der Waals surface area contributed by atoms with Gasteiger partial charge in [0.1, 0.15) is 0 Å². The maximum atomic E-state index is 12.5. The van der Waals surface area contributed by atoms with Gasteiger partial charge in [-0.1, -0.05) is 0 Å². The van der Waals surface area contributed by atoms with Crippen LogP contribution >= 0.6 is 11.8 Å². The van der Waals surface area contributed by atoms with Crippen molar-refractivity contribution in [2.75, 3.05) is 19.4 Å². The highest BCUT2D eigenvalue weighted by Crippen LogP contribution is 2.31. The molecule has 1 heterocycles. The number of hydrogen-bond donors (Lipinski definition) is 0. The zero-order valence-electron chi connectivity index (χ0n) is 11.0. The lowest BCUT2D eigenvalue weighted by Gasteiger charge is -2.21. The molecule has 1 aromatic rings. The molecule has 114 valence electrons. The third-order valence-corrected chi connectivity index (χ3v) is 6.10. The van der Waals surface area contributed by atoms with Crippen LogP contribution in [0.2, 0.25) is 0 Å². The number of carbonyl (C=O) groups excluding carboxylic acids is 1. The lowest BCUT2D eigenvalue weighted by Crippen LogP contribution is -2.39. The van der Waals surface area contributed by atoms with E-state index >= 15 is 0 Å². The van der Waals surface area contributed by atoms with Crippen molar-refractivity contribution >= 4 is 33.4 Å². The second kappa shape index (κ2) is 6.00. The van der Waals surface area contributed by atoms with Gasteiger partial charge in [0.15, 0.2) is 5.37 Å². The molecule has 21 heavy (non-hydrogen) atoms. The van der Waals surface area contributed by atoms with E-state index in [0.717, 1.165) is 28.6 Å². The molecule has 0 aromatic heterocycles. The molecular weight excluding hydrogens is 320 g/mol. The number of rotatable bonds is 4. The minimum absolute atomic E-state index is 0.0931. The summed E-state index contributed by atoms with van der Waals surface area (Å²) in [5.74, 6) is -0.158. The lowest BCUT2D eigenvalue weighted by molar-refractivity contribution is -0.384. The van der Waals surface area contributed by atoms with E-state index in [-0.39, 0.29) is 17.1 Å². The first kappa shape index (κ1) is 15.7. The third kappa shape index (κ3) is 3.01. The van der Waals surface area contributed by atoms with Crippen LogP contribution in [0.4, 0.5) is 5.69 Å². The first-order chi connectivity index (χ1) is 9.87. The van der Waals surface area contributed by atoms with Gasteiger partial charge >= 0.3 is 5.97 Å². The van der Waals surface area contributed by atoms with E-state index in [1.165, 1.54) is 18.9 Å². The molecule has 0 N–H and O–H groups in total. The number of carbonyl (C=O) groups is 1. The number of methoxy groups -OCH3 is 1. The van der Waals surface area contributed by atoms with Crippen LogP contribution in [-0.4, -0.2) is 48.4 Å². The second-order valence-electron chi connectivity index (χ2n) is 4.11. The van der Waals surface area contributed by atoms with Crippen molar-refractivity contribution in [2.24, 2.45) is 0 Å².